The lowest BCUT2D eigenvalue weighted by atomic mass is 10.1. The van der Waals surface area contributed by atoms with E-state index in [2.05, 4.69) is 30.9 Å². The summed E-state index contributed by atoms with van der Waals surface area (Å²) >= 11 is 0. The van der Waals surface area contributed by atoms with Gasteiger partial charge in [0.05, 0.1) is 13.2 Å². The molecule has 0 aromatic heterocycles. The molecule has 0 spiro atoms. The first-order valence-corrected chi connectivity index (χ1v) is 9.79. The fourth-order valence-corrected chi connectivity index (χ4v) is 4.20. The number of imide groups is 1. The number of aliphatic imine (C=N–C) groups is 1. The van der Waals surface area contributed by atoms with E-state index in [1.807, 2.05) is 17.9 Å². The molecule has 3 aliphatic rings. The number of carbonyl (C=O) groups is 2. The molecule has 1 aromatic rings. The minimum Gasteiger partial charge on any atom is -0.380 e. The highest BCUT2D eigenvalue weighted by Gasteiger charge is 2.54. The highest BCUT2D eigenvalue weighted by Crippen LogP contribution is 2.34. The predicted octanol–water partition coefficient (Wildman–Crippen LogP) is 1.42. The second kappa shape index (κ2) is 7.09. The number of carbonyl (C=O) groups excluding carboxylic acids is 2. The van der Waals surface area contributed by atoms with Crippen LogP contribution < -0.4 is 4.90 Å². The molecule has 0 N–H and O–H groups in total. The van der Waals surface area contributed by atoms with Gasteiger partial charge < -0.3 is 19.4 Å². The van der Waals surface area contributed by atoms with Crippen LogP contribution in [0.2, 0.25) is 0 Å². The fourth-order valence-electron chi connectivity index (χ4n) is 4.20. The van der Waals surface area contributed by atoms with Crippen LogP contribution >= 0.6 is 0 Å². The zero-order chi connectivity index (χ0) is 20.0. The summed E-state index contributed by atoms with van der Waals surface area (Å²) in [5.74, 6) is 0.595. The van der Waals surface area contributed by atoms with Crippen molar-refractivity contribution in [2.24, 2.45) is 4.99 Å². The van der Waals surface area contributed by atoms with E-state index >= 15 is 0 Å². The van der Waals surface area contributed by atoms with Crippen LogP contribution in [0, 0.1) is 13.8 Å². The molecule has 3 aliphatic heterocycles. The van der Waals surface area contributed by atoms with E-state index in [0.717, 1.165) is 18.2 Å². The van der Waals surface area contributed by atoms with Crippen molar-refractivity contribution >= 4 is 23.6 Å². The van der Waals surface area contributed by atoms with Crippen LogP contribution in [-0.4, -0.2) is 84.7 Å². The van der Waals surface area contributed by atoms with Crippen LogP contribution in [0.25, 0.3) is 0 Å². The van der Waals surface area contributed by atoms with E-state index in [0.29, 0.717) is 19.8 Å². The summed E-state index contributed by atoms with van der Waals surface area (Å²) in [6, 6.07) is 5.44. The molecule has 3 heterocycles. The second-order valence-corrected chi connectivity index (χ2v) is 7.43. The first-order valence-electron chi connectivity index (χ1n) is 9.79. The number of urea groups is 1. The lowest BCUT2D eigenvalue weighted by molar-refractivity contribution is -0.138. The maximum absolute atomic E-state index is 13.2. The first kappa shape index (κ1) is 18.7. The lowest BCUT2D eigenvalue weighted by Gasteiger charge is -2.40. The van der Waals surface area contributed by atoms with Crippen molar-refractivity contribution in [3.8, 4) is 0 Å². The number of guanidine groups is 1. The monoisotopic (exact) mass is 385 g/mol. The number of rotatable bonds is 5. The minimum atomic E-state index is -0.480. The number of hydrogen-bond acceptors (Lipinski definition) is 6. The summed E-state index contributed by atoms with van der Waals surface area (Å²) in [7, 11) is 1.72. The number of benzene rings is 1. The molecule has 1 aromatic carbocycles. The molecular formula is C20H27N5O3. The first-order chi connectivity index (χ1) is 13.5. The average molecular weight is 385 g/mol. The Hall–Kier alpha value is -2.61. The molecule has 2 atom stereocenters. The Bertz CT molecular complexity index is 839. The average Bonchev–Trinajstić information content (AvgIpc) is 3.24. The molecule has 0 bridgehead atoms. The molecule has 2 saturated heterocycles. The third-order valence-electron chi connectivity index (χ3n) is 5.91. The third kappa shape index (κ3) is 2.74. The molecule has 0 radical (unpaired) electrons. The summed E-state index contributed by atoms with van der Waals surface area (Å²) in [6.45, 7) is 8.75. The van der Waals surface area contributed by atoms with Gasteiger partial charge in [-0.25, -0.2) is 9.79 Å². The van der Waals surface area contributed by atoms with Gasteiger partial charge in [-0.1, -0.05) is 12.1 Å². The highest BCUT2D eigenvalue weighted by atomic mass is 16.5. The number of ether oxygens (including phenoxy) is 1. The Morgan fingerprint density at radius 3 is 2.75 bits per heavy atom. The van der Waals surface area contributed by atoms with Crippen molar-refractivity contribution in [2.75, 3.05) is 44.8 Å². The summed E-state index contributed by atoms with van der Waals surface area (Å²) in [4.78, 5) is 37.8. The molecule has 4 rings (SSSR count). The molecule has 8 heteroatoms. The van der Waals surface area contributed by atoms with E-state index in [1.165, 1.54) is 16.0 Å². The molecule has 0 saturated carbocycles. The van der Waals surface area contributed by atoms with Crippen molar-refractivity contribution in [3.63, 3.8) is 0 Å². The van der Waals surface area contributed by atoms with Gasteiger partial charge >= 0.3 is 6.03 Å². The molecule has 28 heavy (non-hydrogen) atoms. The molecule has 2 fully saturated rings. The van der Waals surface area contributed by atoms with Crippen LogP contribution in [0.15, 0.2) is 23.2 Å². The second-order valence-electron chi connectivity index (χ2n) is 7.43. The number of amides is 3. The summed E-state index contributed by atoms with van der Waals surface area (Å²) in [5, 5.41) is 0. The van der Waals surface area contributed by atoms with E-state index in [1.54, 1.807) is 11.9 Å². The fraction of sp³-hybridized carbons (Fsp3) is 0.550. The van der Waals surface area contributed by atoms with Gasteiger partial charge in [-0.15, -0.1) is 0 Å². The standard InChI is InChI=1S/C20H27N5O3/c1-5-28-12-11-25-18(26)16-17(22(4)20(25)27)21-19-23(9-10-24(16)19)15-8-6-7-13(2)14(15)3/h6-8,16-17H,5,9-12H2,1-4H3. The summed E-state index contributed by atoms with van der Waals surface area (Å²) in [6.07, 6.45) is -0.480. The van der Waals surface area contributed by atoms with Gasteiger partial charge in [-0.2, -0.15) is 0 Å². The molecule has 8 nitrogen and oxygen atoms in total. The Morgan fingerprint density at radius 1 is 1.21 bits per heavy atom. The smallest absolute Gasteiger partial charge is 0.328 e. The Kier molecular flexibility index (Phi) is 4.74. The SMILES string of the molecule is CCOCCN1C(=O)C2C(N=C3N(c4cccc(C)c4C)CCN32)N(C)C1=O. The third-order valence-corrected chi connectivity index (χ3v) is 5.91. The van der Waals surface area contributed by atoms with Gasteiger partial charge in [0.2, 0.25) is 5.96 Å². The normalized spacial score (nSPS) is 24.1. The van der Waals surface area contributed by atoms with E-state index in [9.17, 15) is 9.59 Å². The Balaban J connectivity index is 1.62. The van der Waals surface area contributed by atoms with E-state index in [4.69, 9.17) is 9.73 Å². The zero-order valence-electron chi connectivity index (χ0n) is 16.9. The number of anilines is 1. The van der Waals surface area contributed by atoms with E-state index in [-0.39, 0.29) is 18.5 Å². The Morgan fingerprint density at radius 2 is 2.00 bits per heavy atom. The van der Waals surface area contributed by atoms with Crippen molar-refractivity contribution in [1.82, 2.24) is 14.7 Å². The molecule has 0 aliphatic carbocycles. The van der Waals surface area contributed by atoms with Crippen molar-refractivity contribution in [2.45, 2.75) is 33.0 Å². The van der Waals surface area contributed by atoms with Gasteiger partial charge in [-0.3, -0.25) is 9.69 Å². The van der Waals surface area contributed by atoms with Gasteiger partial charge in [0.15, 0.2) is 12.2 Å². The lowest BCUT2D eigenvalue weighted by Crippen LogP contribution is -2.65. The summed E-state index contributed by atoms with van der Waals surface area (Å²) < 4.78 is 5.35. The van der Waals surface area contributed by atoms with E-state index < -0.39 is 12.2 Å². The van der Waals surface area contributed by atoms with Crippen LogP contribution in [-0.2, 0) is 9.53 Å². The van der Waals surface area contributed by atoms with Crippen LogP contribution in [0.3, 0.4) is 0 Å². The van der Waals surface area contributed by atoms with Crippen LogP contribution in [0.5, 0.6) is 0 Å². The number of hydrogen-bond donors (Lipinski definition) is 0. The molecule has 150 valence electrons. The minimum absolute atomic E-state index is 0.186. The largest absolute Gasteiger partial charge is 0.380 e. The number of aryl methyl sites for hydroxylation is 1. The highest BCUT2D eigenvalue weighted by molar-refractivity contribution is 6.08. The van der Waals surface area contributed by atoms with Gasteiger partial charge in [-0.05, 0) is 38.0 Å². The van der Waals surface area contributed by atoms with Crippen molar-refractivity contribution in [3.05, 3.63) is 29.3 Å². The van der Waals surface area contributed by atoms with Crippen molar-refractivity contribution < 1.29 is 14.3 Å². The molecule has 2 unspecified atom stereocenters. The molecular weight excluding hydrogens is 358 g/mol. The number of nitrogens with zero attached hydrogens (tertiary/aromatic N) is 5. The van der Waals surface area contributed by atoms with Gasteiger partial charge in [0, 0.05) is 32.4 Å². The number of likely N-dealkylation sites (N-methyl/N-ethyl adjacent to an activating group) is 1. The van der Waals surface area contributed by atoms with Crippen molar-refractivity contribution in [1.29, 1.82) is 0 Å². The van der Waals surface area contributed by atoms with Gasteiger partial charge in [0.1, 0.15) is 0 Å². The topological polar surface area (TPSA) is 68.7 Å². The van der Waals surface area contributed by atoms with Crippen LogP contribution in [0.1, 0.15) is 18.1 Å². The number of fused-ring (bicyclic) bond motifs is 3. The van der Waals surface area contributed by atoms with Gasteiger partial charge in [0.25, 0.3) is 5.91 Å². The maximum Gasteiger partial charge on any atom is 0.328 e. The Labute approximate surface area is 165 Å². The predicted molar refractivity (Wildman–Crippen MR) is 106 cm³/mol. The summed E-state index contributed by atoms with van der Waals surface area (Å²) in [5.41, 5.74) is 3.53. The zero-order valence-corrected chi connectivity index (χ0v) is 16.9. The van der Waals surface area contributed by atoms with Crippen LogP contribution in [0.4, 0.5) is 10.5 Å². The molecule has 3 amide bonds. The maximum atomic E-state index is 13.2. The quantitative estimate of drug-likeness (QED) is 0.717.